The van der Waals surface area contributed by atoms with Gasteiger partial charge in [-0.05, 0) is 48.7 Å². The van der Waals surface area contributed by atoms with E-state index in [2.05, 4.69) is 29.7 Å². The first-order valence-corrected chi connectivity index (χ1v) is 11.8. The van der Waals surface area contributed by atoms with E-state index in [0.29, 0.717) is 39.0 Å². The van der Waals surface area contributed by atoms with Gasteiger partial charge in [-0.2, -0.15) is 5.10 Å². The van der Waals surface area contributed by atoms with E-state index in [1.165, 1.54) is 12.5 Å². The van der Waals surface area contributed by atoms with Crippen LogP contribution in [0.4, 0.5) is 10.2 Å². The van der Waals surface area contributed by atoms with Crippen molar-refractivity contribution in [1.82, 2.24) is 34.7 Å². The van der Waals surface area contributed by atoms with Gasteiger partial charge in [0, 0.05) is 34.8 Å². The van der Waals surface area contributed by atoms with E-state index in [1.54, 1.807) is 12.3 Å². The third-order valence-electron chi connectivity index (χ3n) is 6.57. The minimum atomic E-state index is -0.574. The number of aromatic nitrogens is 7. The maximum atomic E-state index is 15.1. The molecule has 10 heteroatoms. The molecule has 3 N–H and O–H groups in total. The number of pyridine rings is 2. The van der Waals surface area contributed by atoms with Gasteiger partial charge in [-0.25, -0.2) is 19.3 Å². The summed E-state index contributed by atoms with van der Waals surface area (Å²) >= 11 is 6.49. The van der Waals surface area contributed by atoms with Gasteiger partial charge in [-0.1, -0.05) is 23.7 Å². The van der Waals surface area contributed by atoms with E-state index in [9.17, 15) is 0 Å². The van der Waals surface area contributed by atoms with Crippen molar-refractivity contribution in [2.24, 2.45) is 0 Å². The molecule has 1 saturated carbocycles. The second-order valence-electron chi connectivity index (χ2n) is 8.83. The quantitative estimate of drug-likeness (QED) is 0.325. The SMILES string of the molecule is Nc1nccc(-c2cc(-c3ncn[nH]3)c3nc(C4CC4)n(-c4ccnc5c(Cl)cccc45)c3c2)c1F. The van der Waals surface area contributed by atoms with Crippen LogP contribution in [0, 0.1) is 5.82 Å². The normalized spacial score (nSPS) is 13.6. The molecule has 4 aromatic heterocycles. The minimum absolute atomic E-state index is 0.157. The van der Waals surface area contributed by atoms with Crippen molar-refractivity contribution in [3.63, 3.8) is 0 Å². The van der Waals surface area contributed by atoms with Crippen molar-refractivity contribution in [3.05, 3.63) is 77.8 Å². The van der Waals surface area contributed by atoms with E-state index < -0.39 is 5.82 Å². The number of hydrogen-bond acceptors (Lipinski definition) is 6. The van der Waals surface area contributed by atoms with Gasteiger partial charge in [-0.3, -0.25) is 14.6 Å². The van der Waals surface area contributed by atoms with E-state index in [-0.39, 0.29) is 5.82 Å². The zero-order valence-electron chi connectivity index (χ0n) is 18.8. The molecule has 6 aromatic rings. The average molecular weight is 497 g/mol. The summed E-state index contributed by atoms with van der Waals surface area (Å²) in [6.45, 7) is 0. The van der Waals surface area contributed by atoms with Gasteiger partial charge < -0.3 is 5.73 Å². The summed E-state index contributed by atoms with van der Waals surface area (Å²) < 4.78 is 17.3. The van der Waals surface area contributed by atoms with E-state index >= 15 is 4.39 Å². The lowest BCUT2D eigenvalue weighted by atomic mass is 10.0. The number of benzene rings is 2. The number of anilines is 1. The maximum absolute atomic E-state index is 15.1. The van der Waals surface area contributed by atoms with Gasteiger partial charge >= 0.3 is 0 Å². The van der Waals surface area contributed by atoms with E-state index in [0.717, 1.165) is 40.8 Å². The second kappa shape index (κ2) is 7.82. The first-order valence-electron chi connectivity index (χ1n) is 11.5. The Labute approximate surface area is 209 Å². The number of aromatic amines is 1. The topological polar surface area (TPSA) is 111 Å². The van der Waals surface area contributed by atoms with Crippen LogP contribution in [0.1, 0.15) is 24.6 Å². The lowest BCUT2D eigenvalue weighted by molar-refractivity contribution is 0.631. The minimum Gasteiger partial charge on any atom is -0.381 e. The molecule has 0 bridgehead atoms. The molecule has 0 unspecified atom stereocenters. The summed E-state index contributed by atoms with van der Waals surface area (Å²) in [4.78, 5) is 17.9. The fraction of sp³-hybridized carbons (Fsp3) is 0.115. The van der Waals surface area contributed by atoms with Crippen LogP contribution in [0.2, 0.25) is 5.02 Å². The number of nitrogens with zero attached hydrogens (tertiary/aromatic N) is 6. The lowest BCUT2D eigenvalue weighted by Gasteiger charge is -2.14. The standard InChI is InChI=1S/C26H18ClFN8/c27-18-3-1-2-16-19(7-9-30-22(16)18)36-20-11-14(15-6-8-31-24(29)21(15)28)10-17(25-32-12-33-35-25)23(20)34-26(36)13-4-5-13/h1-3,6-13H,4-5H2,(H2,29,31)(H,32,33,35). The first-order chi connectivity index (χ1) is 17.6. The fourth-order valence-corrected chi connectivity index (χ4v) is 4.96. The summed E-state index contributed by atoms with van der Waals surface area (Å²) in [5.74, 6) is 1.06. The first kappa shape index (κ1) is 21.0. The molecular formula is C26H18ClFN8. The van der Waals surface area contributed by atoms with Crippen molar-refractivity contribution in [1.29, 1.82) is 0 Å². The Kier molecular flexibility index (Phi) is 4.55. The Balaban J connectivity index is 1.61. The largest absolute Gasteiger partial charge is 0.381 e. The molecule has 0 amide bonds. The highest BCUT2D eigenvalue weighted by Crippen LogP contribution is 2.45. The fourth-order valence-electron chi connectivity index (χ4n) is 4.74. The number of nitrogens with two attached hydrogens (primary N) is 1. The van der Waals surface area contributed by atoms with Crippen LogP contribution in [0.15, 0.2) is 61.2 Å². The number of nitrogen functional groups attached to an aromatic ring is 1. The lowest BCUT2D eigenvalue weighted by Crippen LogP contribution is -2.02. The van der Waals surface area contributed by atoms with Crippen molar-refractivity contribution >= 4 is 39.4 Å². The summed E-state index contributed by atoms with van der Waals surface area (Å²) in [6.07, 6.45) is 6.78. The molecule has 0 radical (unpaired) electrons. The molecule has 4 heterocycles. The number of nitrogens with one attached hydrogen (secondary N) is 1. The Morgan fingerprint density at radius 3 is 2.67 bits per heavy atom. The van der Waals surface area contributed by atoms with Crippen molar-refractivity contribution in [2.75, 3.05) is 5.73 Å². The molecule has 36 heavy (non-hydrogen) atoms. The summed E-state index contributed by atoms with van der Waals surface area (Å²) in [6, 6.07) is 13.1. The van der Waals surface area contributed by atoms with Crippen LogP contribution in [0.25, 0.3) is 50.1 Å². The second-order valence-corrected chi connectivity index (χ2v) is 9.24. The van der Waals surface area contributed by atoms with Crippen molar-refractivity contribution in [2.45, 2.75) is 18.8 Å². The predicted octanol–water partition coefficient (Wildman–Crippen LogP) is 5.67. The molecule has 0 spiro atoms. The Bertz CT molecular complexity index is 1790. The number of halogens is 2. The van der Waals surface area contributed by atoms with Gasteiger partial charge in [0.25, 0.3) is 0 Å². The van der Waals surface area contributed by atoms with Crippen LogP contribution in [-0.4, -0.2) is 34.7 Å². The van der Waals surface area contributed by atoms with E-state index in [1.807, 2.05) is 36.4 Å². The Hall–Kier alpha value is -4.37. The molecule has 8 nitrogen and oxygen atoms in total. The average Bonchev–Trinajstić information content (AvgIpc) is 3.44. The molecule has 0 aliphatic heterocycles. The maximum Gasteiger partial charge on any atom is 0.173 e. The Morgan fingerprint density at radius 2 is 1.86 bits per heavy atom. The van der Waals surface area contributed by atoms with Crippen molar-refractivity contribution < 1.29 is 4.39 Å². The van der Waals surface area contributed by atoms with Crippen LogP contribution in [0.5, 0.6) is 0 Å². The highest BCUT2D eigenvalue weighted by atomic mass is 35.5. The number of rotatable bonds is 4. The zero-order chi connectivity index (χ0) is 24.4. The number of fused-ring (bicyclic) bond motifs is 2. The summed E-state index contributed by atoms with van der Waals surface area (Å²) in [5, 5.41) is 8.43. The number of H-pyrrole nitrogens is 1. The third kappa shape index (κ3) is 3.16. The smallest absolute Gasteiger partial charge is 0.173 e. The van der Waals surface area contributed by atoms with E-state index in [4.69, 9.17) is 22.3 Å². The molecule has 2 aromatic carbocycles. The third-order valence-corrected chi connectivity index (χ3v) is 6.87. The van der Waals surface area contributed by atoms with Crippen LogP contribution in [-0.2, 0) is 0 Å². The Morgan fingerprint density at radius 1 is 1.00 bits per heavy atom. The van der Waals surface area contributed by atoms with Crippen LogP contribution in [0.3, 0.4) is 0 Å². The molecular weight excluding hydrogens is 479 g/mol. The van der Waals surface area contributed by atoms with Crippen molar-refractivity contribution in [3.8, 4) is 28.2 Å². The molecule has 176 valence electrons. The highest BCUT2D eigenvalue weighted by Gasteiger charge is 2.32. The molecule has 1 aliphatic rings. The van der Waals surface area contributed by atoms with Gasteiger partial charge in [0.2, 0.25) is 0 Å². The number of hydrogen-bond donors (Lipinski definition) is 2. The zero-order valence-corrected chi connectivity index (χ0v) is 19.5. The van der Waals surface area contributed by atoms with Gasteiger partial charge in [0.15, 0.2) is 17.5 Å². The van der Waals surface area contributed by atoms with Crippen LogP contribution < -0.4 is 5.73 Å². The molecule has 0 atom stereocenters. The monoisotopic (exact) mass is 496 g/mol. The molecule has 0 saturated heterocycles. The number of para-hydroxylation sites is 1. The van der Waals surface area contributed by atoms with Crippen LogP contribution >= 0.6 is 11.6 Å². The van der Waals surface area contributed by atoms with Gasteiger partial charge in [-0.15, -0.1) is 0 Å². The predicted molar refractivity (Wildman–Crippen MR) is 136 cm³/mol. The summed E-state index contributed by atoms with van der Waals surface area (Å²) in [5.41, 5.74) is 10.6. The number of imidazole rings is 1. The van der Waals surface area contributed by atoms with Gasteiger partial charge in [0.1, 0.15) is 17.7 Å². The highest BCUT2D eigenvalue weighted by molar-refractivity contribution is 6.35. The summed E-state index contributed by atoms with van der Waals surface area (Å²) in [7, 11) is 0. The molecule has 1 fully saturated rings. The molecule has 1 aliphatic carbocycles. The molecule has 7 rings (SSSR count). The van der Waals surface area contributed by atoms with Gasteiger partial charge in [0.05, 0.1) is 21.7 Å².